The molecule has 6 rings (SSSR count). The zero-order valence-electron chi connectivity index (χ0n) is 19.3. The zero-order valence-corrected chi connectivity index (χ0v) is 19.3. The highest BCUT2D eigenvalue weighted by atomic mass is 16.2. The van der Waals surface area contributed by atoms with Crippen LogP contribution in [-0.4, -0.2) is 41.7 Å². The molecule has 3 aliphatic heterocycles. The molecule has 5 atom stereocenters. The van der Waals surface area contributed by atoms with Crippen LogP contribution in [0.15, 0.2) is 35.3 Å². The van der Waals surface area contributed by atoms with Crippen LogP contribution in [0, 0.1) is 29.6 Å². The van der Waals surface area contributed by atoms with Crippen molar-refractivity contribution in [1.29, 1.82) is 0 Å². The van der Waals surface area contributed by atoms with E-state index in [9.17, 15) is 4.79 Å². The molecule has 2 aliphatic carbocycles. The van der Waals surface area contributed by atoms with Gasteiger partial charge in [-0.25, -0.2) is 0 Å². The Morgan fingerprint density at radius 2 is 1.97 bits per heavy atom. The Labute approximate surface area is 187 Å². The fraction of sp³-hybridized carbons (Fsp3) is 0.704. The Kier molecular flexibility index (Phi) is 5.94. The van der Waals surface area contributed by atoms with E-state index in [4.69, 9.17) is 4.99 Å². The average molecular weight is 422 g/mol. The van der Waals surface area contributed by atoms with E-state index in [1.54, 1.807) is 0 Å². The van der Waals surface area contributed by atoms with Gasteiger partial charge in [-0.1, -0.05) is 76.3 Å². The van der Waals surface area contributed by atoms with Gasteiger partial charge in [0, 0.05) is 37.8 Å². The summed E-state index contributed by atoms with van der Waals surface area (Å²) in [5.41, 5.74) is 0.587. The lowest BCUT2D eigenvalue weighted by molar-refractivity contribution is -0.132. The quantitative estimate of drug-likeness (QED) is 0.694. The van der Waals surface area contributed by atoms with Crippen molar-refractivity contribution in [3.63, 3.8) is 0 Å². The molecule has 3 fully saturated rings. The van der Waals surface area contributed by atoms with Crippen LogP contribution >= 0.6 is 0 Å². The fourth-order valence-corrected chi connectivity index (χ4v) is 7.28. The van der Waals surface area contributed by atoms with Crippen LogP contribution in [0.25, 0.3) is 0 Å². The summed E-state index contributed by atoms with van der Waals surface area (Å²) in [6, 6.07) is 10.6. The van der Waals surface area contributed by atoms with E-state index in [0.717, 1.165) is 31.0 Å². The molecule has 3 heterocycles. The minimum atomic E-state index is -0.572. The Bertz CT molecular complexity index is 800. The largest absolute Gasteiger partial charge is 0.350 e. The van der Waals surface area contributed by atoms with Crippen molar-refractivity contribution in [3.8, 4) is 0 Å². The van der Waals surface area contributed by atoms with Crippen molar-refractivity contribution in [2.45, 2.75) is 76.9 Å². The molecule has 1 aromatic carbocycles. The monoisotopic (exact) mass is 421 g/mol. The first-order chi connectivity index (χ1) is 15.1. The number of hydrogen-bond donors (Lipinski definition) is 1. The maximum Gasteiger partial charge on any atom is 0.250 e. The molecule has 2 saturated carbocycles. The lowest BCUT2D eigenvalue weighted by Gasteiger charge is -2.52. The van der Waals surface area contributed by atoms with Crippen LogP contribution in [0.2, 0.25) is 0 Å². The summed E-state index contributed by atoms with van der Waals surface area (Å²) in [6.45, 7) is 7.33. The molecule has 4 heteroatoms. The van der Waals surface area contributed by atoms with Gasteiger partial charge in [0.05, 0.1) is 0 Å². The third-order valence-corrected chi connectivity index (χ3v) is 8.50. The lowest BCUT2D eigenvalue weighted by Crippen LogP contribution is -2.66. The molecule has 5 aliphatic rings. The van der Waals surface area contributed by atoms with E-state index >= 15 is 0 Å². The van der Waals surface area contributed by atoms with Crippen LogP contribution < -0.4 is 5.32 Å². The lowest BCUT2D eigenvalue weighted by atomic mass is 9.58. The molecule has 0 radical (unpaired) electrons. The van der Waals surface area contributed by atoms with Crippen molar-refractivity contribution in [2.75, 3.05) is 13.1 Å². The summed E-state index contributed by atoms with van der Waals surface area (Å²) in [5.74, 6) is 3.14. The number of benzene rings is 1. The van der Waals surface area contributed by atoms with Gasteiger partial charge in [-0.05, 0) is 42.1 Å². The maximum absolute atomic E-state index is 13.8. The predicted molar refractivity (Wildman–Crippen MR) is 126 cm³/mol. The van der Waals surface area contributed by atoms with Crippen LogP contribution in [0.4, 0.5) is 0 Å². The van der Waals surface area contributed by atoms with Crippen LogP contribution in [0.3, 0.4) is 0 Å². The Morgan fingerprint density at radius 3 is 2.71 bits per heavy atom. The van der Waals surface area contributed by atoms with E-state index < -0.39 is 5.54 Å². The van der Waals surface area contributed by atoms with E-state index in [2.05, 4.69) is 42.4 Å². The number of carbonyl (C=O) groups excluding carboxylic acids is 1. The Balaban J connectivity index is 1.41. The van der Waals surface area contributed by atoms with Crippen LogP contribution in [-0.2, 0) is 11.3 Å². The number of likely N-dealkylation sites (tertiary alicyclic amines) is 1. The molecule has 3 unspecified atom stereocenters. The predicted octanol–water partition coefficient (Wildman–Crippen LogP) is 4.69. The SMILES string of the molecule is CC(C)CN1C[C@@H]2CC3C=NC2(C(=O)NCc2ccccc2)C1[C@@H]3CC1CCCCC1. The minimum Gasteiger partial charge on any atom is -0.350 e. The van der Waals surface area contributed by atoms with Crippen molar-refractivity contribution < 1.29 is 4.79 Å². The second-order valence-corrected chi connectivity index (χ2v) is 11.1. The summed E-state index contributed by atoms with van der Waals surface area (Å²) in [6.07, 6.45) is 11.6. The number of nitrogens with one attached hydrogen (secondary N) is 1. The van der Waals surface area contributed by atoms with Crippen LogP contribution in [0.1, 0.15) is 64.4 Å². The summed E-state index contributed by atoms with van der Waals surface area (Å²) in [4.78, 5) is 21.6. The first kappa shape index (κ1) is 21.2. The summed E-state index contributed by atoms with van der Waals surface area (Å²) in [5, 5.41) is 3.30. The van der Waals surface area contributed by atoms with Crippen molar-refractivity contribution in [2.24, 2.45) is 34.6 Å². The van der Waals surface area contributed by atoms with E-state index in [1.165, 1.54) is 38.5 Å². The normalized spacial score (nSPS) is 35.1. The van der Waals surface area contributed by atoms with E-state index in [1.807, 2.05) is 18.2 Å². The van der Waals surface area contributed by atoms with Gasteiger partial charge in [0.2, 0.25) is 5.91 Å². The molecular weight excluding hydrogens is 382 g/mol. The second kappa shape index (κ2) is 8.69. The van der Waals surface area contributed by atoms with Gasteiger partial charge in [-0.15, -0.1) is 0 Å². The smallest absolute Gasteiger partial charge is 0.250 e. The maximum atomic E-state index is 13.8. The van der Waals surface area contributed by atoms with Crippen LogP contribution in [0.5, 0.6) is 0 Å². The summed E-state index contributed by atoms with van der Waals surface area (Å²) in [7, 11) is 0. The van der Waals surface area contributed by atoms with Gasteiger partial charge in [0.1, 0.15) is 0 Å². The third kappa shape index (κ3) is 3.86. The molecular formula is C27H39N3O. The number of amides is 1. The summed E-state index contributed by atoms with van der Waals surface area (Å²) >= 11 is 0. The molecule has 4 nitrogen and oxygen atoms in total. The second-order valence-electron chi connectivity index (χ2n) is 11.1. The molecule has 1 amide bonds. The molecule has 1 aromatic rings. The standard InChI is InChI=1S/C27H39N3O/c1-19(2)17-30-18-23-14-22-16-29-27(23,26(31)28-15-21-11-7-4-8-12-21)25(30)24(22)13-20-9-5-3-6-10-20/h4,7-8,11-12,16,19-20,22-25H,3,5-6,9-10,13-15,17-18H2,1-2H3,(H,28,31)/t22?,23-,24+,25?,27?/m0/s1. The highest BCUT2D eigenvalue weighted by Crippen LogP contribution is 2.55. The zero-order chi connectivity index (χ0) is 21.4. The first-order valence-corrected chi connectivity index (χ1v) is 12.7. The van der Waals surface area contributed by atoms with Gasteiger partial charge in [-0.3, -0.25) is 14.7 Å². The number of hydrogen-bond acceptors (Lipinski definition) is 3. The van der Waals surface area contributed by atoms with Gasteiger partial charge >= 0.3 is 0 Å². The van der Waals surface area contributed by atoms with Crippen molar-refractivity contribution in [3.05, 3.63) is 35.9 Å². The van der Waals surface area contributed by atoms with Gasteiger partial charge < -0.3 is 5.32 Å². The Morgan fingerprint density at radius 1 is 1.19 bits per heavy atom. The molecule has 1 N–H and O–H groups in total. The topological polar surface area (TPSA) is 44.7 Å². The van der Waals surface area contributed by atoms with Crippen molar-refractivity contribution in [1.82, 2.24) is 10.2 Å². The number of nitrogens with zero attached hydrogens (tertiary/aromatic N) is 2. The molecule has 1 saturated heterocycles. The highest BCUT2D eigenvalue weighted by molar-refractivity contribution is 5.92. The number of rotatable bonds is 7. The molecule has 0 spiro atoms. The van der Waals surface area contributed by atoms with Gasteiger partial charge in [0.15, 0.2) is 5.54 Å². The average Bonchev–Trinajstić information content (AvgIpc) is 3.04. The van der Waals surface area contributed by atoms with E-state index in [-0.39, 0.29) is 11.9 Å². The first-order valence-electron chi connectivity index (χ1n) is 12.7. The number of carbonyl (C=O) groups is 1. The minimum absolute atomic E-state index is 0.167. The van der Waals surface area contributed by atoms with Gasteiger partial charge in [-0.2, -0.15) is 0 Å². The van der Waals surface area contributed by atoms with Crippen molar-refractivity contribution >= 4 is 12.1 Å². The molecule has 0 aromatic heterocycles. The van der Waals surface area contributed by atoms with E-state index in [0.29, 0.717) is 30.2 Å². The molecule has 168 valence electrons. The summed E-state index contributed by atoms with van der Waals surface area (Å²) < 4.78 is 0. The third-order valence-electron chi connectivity index (χ3n) is 8.50. The number of aliphatic imine (C=N–C) groups is 1. The Hall–Kier alpha value is -1.68. The molecule has 4 bridgehead atoms. The fourth-order valence-electron chi connectivity index (χ4n) is 7.28. The van der Waals surface area contributed by atoms with Gasteiger partial charge in [0.25, 0.3) is 0 Å². The highest BCUT2D eigenvalue weighted by Gasteiger charge is 2.67. The molecule has 31 heavy (non-hydrogen) atoms.